The van der Waals surface area contributed by atoms with E-state index in [1.54, 1.807) is 30.9 Å². The Kier molecular flexibility index (Phi) is 2.60. The molecule has 0 unspecified atom stereocenters. The van der Waals surface area contributed by atoms with Gasteiger partial charge in [0.15, 0.2) is 5.65 Å². The van der Waals surface area contributed by atoms with E-state index >= 15 is 0 Å². The first-order valence-electron chi connectivity index (χ1n) is 6.65. The molecule has 22 heavy (non-hydrogen) atoms. The van der Waals surface area contributed by atoms with E-state index in [0.717, 1.165) is 10.9 Å². The van der Waals surface area contributed by atoms with Crippen molar-refractivity contribution in [2.75, 3.05) is 0 Å². The fourth-order valence-electron chi connectivity index (χ4n) is 2.58. The summed E-state index contributed by atoms with van der Waals surface area (Å²) >= 11 is 0. The molecule has 0 saturated carbocycles. The highest BCUT2D eigenvalue weighted by molar-refractivity contribution is 5.97. The molecule has 0 atom stereocenters. The number of nitriles is 1. The monoisotopic (exact) mass is 290 g/mol. The van der Waals surface area contributed by atoms with E-state index in [1.807, 2.05) is 13.0 Å². The second kappa shape index (κ2) is 4.60. The predicted molar refractivity (Wildman–Crippen MR) is 78.7 cm³/mol. The van der Waals surface area contributed by atoms with Crippen LogP contribution in [0.25, 0.3) is 33.6 Å². The number of hydrogen-bond acceptors (Lipinski definition) is 5. The van der Waals surface area contributed by atoms with E-state index in [-0.39, 0.29) is 0 Å². The van der Waals surface area contributed by atoms with Crippen LogP contribution in [-0.4, -0.2) is 15.2 Å². The van der Waals surface area contributed by atoms with Gasteiger partial charge in [-0.15, -0.1) is 0 Å². The maximum absolute atomic E-state index is 9.69. The standard InChI is InChI=1S/C16H10N4O2/c1-9-10(4-6-21-9)15-11(7-17)14(13-3-2-5-22-13)12-8-18-20-16(12)19-15/h2-6,8H,1H3,(H,18,19,20). The lowest BCUT2D eigenvalue weighted by Gasteiger charge is -2.08. The summed E-state index contributed by atoms with van der Waals surface area (Å²) < 4.78 is 10.8. The zero-order chi connectivity index (χ0) is 15.1. The van der Waals surface area contributed by atoms with Gasteiger partial charge in [0.2, 0.25) is 0 Å². The number of hydrogen-bond donors (Lipinski definition) is 1. The van der Waals surface area contributed by atoms with Gasteiger partial charge in [0.05, 0.1) is 35.4 Å². The number of nitrogens with zero attached hydrogens (tertiary/aromatic N) is 3. The van der Waals surface area contributed by atoms with Crippen molar-refractivity contribution in [2.45, 2.75) is 6.92 Å². The zero-order valence-corrected chi connectivity index (χ0v) is 11.6. The maximum Gasteiger partial charge on any atom is 0.156 e. The summed E-state index contributed by atoms with van der Waals surface area (Å²) in [7, 11) is 0. The molecular formula is C16H10N4O2. The Hall–Kier alpha value is -3.33. The van der Waals surface area contributed by atoms with Crippen LogP contribution in [0.4, 0.5) is 0 Å². The van der Waals surface area contributed by atoms with Crippen LogP contribution < -0.4 is 0 Å². The number of furan rings is 2. The second-order valence-corrected chi connectivity index (χ2v) is 4.82. The highest BCUT2D eigenvalue weighted by Gasteiger charge is 2.22. The molecule has 0 aromatic carbocycles. The van der Waals surface area contributed by atoms with Crippen LogP contribution in [0.2, 0.25) is 0 Å². The summed E-state index contributed by atoms with van der Waals surface area (Å²) in [6.45, 7) is 1.84. The van der Waals surface area contributed by atoms with Crippen molar-refractivity contribution in [2.24, 2.45) is 0 Å². The Morgan fingerprint density at radius 3 is 2.82 bits per heavy atom. The first-order valence-corrected chi connectivity index (χ1v) is 6.65. The molecule has 0 aliphatic rings. The molecular weight excluding hydrogens is 280 g/mol. The first kappa shape index (κ1) is 12.4. The molecule has 0 radical (unpaired) electrons. The number of H-pyrrole nitrogens is 1. The number of aryl methyl sites for hydroxylation is 1. The van der Waals surface area contributed by atoms with E-state index < -0.39 is 0 Å². The van der Waals surface area contributed by atoms with Crippen LogP contribution in [0.1, 0.15) is 11.3 Å². The molecule has 106 valence electrons. The number of aromatic amines is 1. The van der Waals surface area contributed by atoms with Gasteiger partial charge in [-0.25, -0.2) is 4.98 Å². The van der Waals surface area contributed by atoms with Crippen LogP contribution in [0.15, 0.2) is 45.8 Å². The SMILES string of the molecule is Cc1occc1-c1nc2[nH]ncc2c(-c2ccco2)c1C#N. The van der Waals surface area contributed by atoms with E-state index in [0.29, 0.717) is 34.0 Å². The van der Waals surface area contributed by atoms with Gasteiger partial charge in [0.25, 0.3) is 0 Å². The van der Waals surface area contributed by atoms with Gasteiger partial charge in [0.1, 0.15) is 17.6 Å². The normalized spacial score (nSPS) is 10.9. The van der Waals surface area contributed by atoms with Gasteiger partial charge >= 0.3 is 0 Å². The van der Waals surface area contributed by atoms with Crippen molar-refractivity contribution in [1.82, 2.24) is 15.2 Å². The lowest BCUT2D eigenvalue weighted by molar-refractivity contribution is 0.535. The molecule has 0 aliphatic heterocycles. The molecule has 4 heterocycles. The molecule has 4 aromatic rings. The van der Waals surface area contributed by atoms with Crippen molar-refractivity contribution in [3.8, 4) is 28.7 Å². The third-order valence-corrected chi connectivity index (χ3v) is 3.59. The molecule has 4 rings (SSSR count). The molecule has 0 fully saturated rings. The summed E-state index contributed by atoms with van der Waals surface area (Å²) in [6.07, 6.45) is 4.80. The maximum atomic E-state index is 9.69. The minimum absolute atomic E-state index is 0.438. The number of aromatic nitrogens is 3. The Morgan fingerprint density at radius 2 is 2.14 bits per heavy atom. The summed E-state index contributed by atoms with van der Waals surface area (Å²) in [6, 6.07) is 7.64. The quantitative estimate of drug-likeness (QED) is 0.608. The second-order valence-electron chi connectivity index (χ2n) is 4.82. The molecule has 0 aliphatic carbocycles. The smallest absolute Gasteiger partial charge is 0.156 e. The van der Waals surface area contributed by atoms with Crippen LogP contribution >= 0.6 is 0 Å². The Bertz CT molecular complexity index is 1000. The first-order chi connectivity index (χ1) is 10.8. The number of rotatable bonds is 2. The molecule has 6 heteroatoms. The van der Waals surface area contributed by atoms with Gasteiger partial charge < -0.3 is 8.83 Å². The topological polar surface area (TPSA) is 91.6 Å². The van der Waals surface area contributed by atoms with Gasteiger partial charge in [0, 0.05) is 11.1 Å². The van der Waals surface area contributed by atoms with Gasteiger partial charge in [-0.05, 0) is 25.1 Å². The van der Waals surface area contributed by atoms with E-state index in [4.69, 9.17) is 8.83 Å². The minimum atomic E-state index is 0.438. The van der Waals surface area contributed by atoms with Crippen LogP contribution in [0.3, 0.4) is 0 Å². The Balaban J connectivity index is 2.16. The molecule has 0 saturated heterocycles. The molecule has 0 bridgehead atoms. The van der Waals surface area contributed by atoms with Gasteiger partial charge in [-0.1, -0.05) is 0 Å². The van der Waals surface area contributed by atoms with Gasteiger partial charge in [-0.3, -0.25) is 5.10 Å². The summed E-state index contributed by atoms with van der Waals surface area (Å²) in [4.78, 5) is 4.54. The summed E-state index contributed by atoms with van der Waals surface area (Å²) in [5, 5.41) is 17.3. The molecule has 0 spiro atoms. The fourth-order valence-corrected chi connectivity index (χ4v) is 2.58. The molecule has 1 N–H and O–H groups in total. The average Bonchev–Trinajstić information content (AvgIpc) is 3.26. The lowest BCUT2D eigenvalue weighted by atomic mass is 9.98. The van der Waals surface area contributed by atoms with Crippen molar-refractivity contribution in [1.29, 1.82) is 5.26 Å². The summed E-state index contributed by atoms with van der Waals surface area (Å²) in [5.74, 6) is 1.31. The Morgan fingerprint density at radius 1 is 1.23 bits per heavy atom. The van der Waals surface area contributed by atoms with Crippen molar-refractivity contribution >= 4 is 11.0 Å². The highest BCUT2D eigenvalue weighted by Crippen LogP contribution is 2.37. The van der Waals surface area contributed by atoms with Crippen molar-refractivity contribution in [3.05, 3.63) is 48.2 Å². The molecule has 6 nitrogen and oxygen atoms in total. The minimum Gasteiger partial charge on any atom is -0.469 e. The highest BCUT2D eigenvalue weighted by atomic mass is 16.3. The molecule has 4 aromatic heterocycles. The average molecular weight is 290 g/mol. The zero-order valence-electron chi connectivity index (χ0n) is 11.6. The van der Waals surface area contributed by atoms with Crippen molar-refractivity contribution < 1.29 is 8.83 Å². The Labute approximate surface area is 125 Å². The lowest BCUT2D eigenvalue weighted by Crippen LogP contribution is -1.95. The third kappa shape index (κ3) is 1.66. The van der Waals surface area contributed by atoms with Crippen molar-refractivity contribution in [3.63, 3.8) is 0 Å². The largest absolute Gasteiger partial charge is 0.469 e. The van der Waals surface area contributed by atoms with E-state index in [2.05, 4.69) is 21.3 Å². The van der Waals surface area contributed by atoms with Gasteiger partial charge in [-0.2, -0.15) is 10.4 Å². The van der Waals surface area contributed by atoms with Crippen LogP contribution in [0.5, 0.6) is 0 Å². The summed E-state index contributed by atoms with van der Waals surface area (Å²) in [5.41, 5.74) is 3.05. The molecule has 0 amide bonds. The third-order valence-electron chi connectivity index (χ3n) is 3.59. The predicted octanol–water partition coefficient (Wildman–Crippen LogP) is 3.66. The van der Waals surface area contributed by atoms with E-state index in [1.165, 1.54) is 0 Å². The number of fused-ring (bicyclic) bond motifs is 1. The number of pyridine rings is 1. The number of nitrogens with one attached hydrogen (secondary N) is 1. The fraction of sp³-hybridized carbons (Fsp3) is 0.0625. The van der Waals surface area contributed by atoms with Crippen LogP contribution in [-0.2, 0) is 0 Å². The van der Waals surface area contributed by atoms with Crippen LogP contribution in [0, 0.1) is 18.3 Å². The van der Waals surface area contributed by atoms with E-state index in [9.17, 15) is 5.26 Å².